The molecule has 0 bridgehead atoms. The van der Waals surface area contributed by atoms with Gasteiger partial charge in [-0.15, -0.1) is 6.58 Å². The number of nitrogens with zero attached hydrogens (tertiary/aromatic N) is 1. The Morgan fingerprint density at radius 1 is 1.02 bits per heavy atom. The molecule has 2 fully saturated rings. The molecule has 0 aromatic heterocycles. The number of alkyl carbamates (subject to hydrolysis) is 1. The van der Waals surface area contributed by atoms with Crippen molar-refractivity contribution >= 4 is 35.5 Å². The largest absolute Gasteiger partial charge is 0.444 e. The van der Waals surface area contributed by atoms with Crippen LogP contribution < -0.4 is 21.3 Å². The summed E-state index contributed by atoms with van der Waals surface area (Å²) in [6.45, 7) is 20.4. The molecule has 2 aliphatic rings. The maximum absolute atomic E-state index is 14.0. The Bertz CT molecular complexity index is 1410. The Hall–Kier alpha value is -4.22. The molecule has 47 heavy (non-hydrogen) atoms. The van der Waals surface area contributed by atoms with E-state index in [2.05, 4.69) is 27.8 Å². The van der Waals surface area contributed by atoms with Crippen molar-refractivity contribution in [1.29, 1.82) is 0 Å². The highest BCUT2D eigenvalue weighted by Gasteiger charge is 2.70. The van der Waals surface area contributed by atoms with Crippen LogP contribution in [0.15, 0.2) is 36.9 Å². The second-order valence-corrected chi connectivity index (χ2v) is 15.2. The first-order chi connectivity index (χ1) is 21.7. The molecule has 4 N–H and O–H groups in total. The third kappa shape index (κ3) is 9.20. The van der Waals surface area contributed by atoms with Crippen molar-refractivity contribution in [2.45, 2.75) is 99.0 Å². The Balaban J connectivity index is 1.70. The summed E-state index contributed by atoms with van der Waals surface area (Å²) in [5.74, 6) is -3.60. The first-order valence-electron chi connectivity index (χ1n) is 16.0. The number of benzene rings is 1. The zero-order valence-corrected chi connectivity index (χ0v) is 29.1. The number of nitrogens with one attached hydrogen (secondary N) is 4. The minimum Gasteiger partial charge on any atom is -0.444 e. The van der Waals surface area contributed by atoms with E-state index in [0.29, 0.717) is 6.54 Å². The number of likely N-dealkylation sites (tertiary alicyclic amines) is 1. The topological polar surface area (TPSA) is 163 Å². The Labute approximate surface area is 277 Å². The van der Waals surface area contributed by atoms with Crippen LogP contribution in [0.3, 0.4) is 0 Å². The van der Waals surface area contributed by atoms with E-state index in [1.165, 1.54) is 11.0 Å². The van der Waals surface area contributed by atoms with Gasteiger partial charge in [-0.2, -0.15) is 0 Å². The SMILES string of the molecule is C=CCC(NC(=O)C1[C@@H]2[C@H](CN1C(=O)[C@@H](NC(=O)OC(C)(C)C)C(C)(C)C)C2(C)C)C(=O)C(=O)NCC(=O)NCc1ccccc1C. The van der Waals surface area contributed by atoms with Gasteiger partial charge in [0.1, 0.15) is 23.7 Å². The van der Waals surface area contributed by atoms with E-state index in [9.17, 15) is 28.8 Å². The van der Waals surface area contributed by atoms with E-state index in [0.717, 1.165) is 11.1 Å². The Morgan fingerprint density at radius 3 is 2.23 bits per heavy atom. The van der Waals surface area contributed by atoms with Gasteiger partial charge < -0.3 is 30.9 Å². The van der Waals surface area contributed by atoms with Crippen LogP contribution in [0.25, 0.3) is 0 Å². The normalized spacial score (nSPS) is 21.0. The molecule has 1 saturated heterocycles. The number of rotatable bonds is 12. The van der Waals surface area contributed by atoms with Crippen LogP contribution in [0, 0.1) is 29.6 Å². The summed E-state index contributed by atoms with van der Waals surface area (Å²) in [7, 11) is 0. The highest BCUT2D eigenvalue weighted by molar-refractivity contribution is 6.38. The summed E-state index contributed by atoms with van der Waals surface area (Å²) in [5.41, 5.74) is 0.207. The van der Waals surface area contributed by atoms with Crippen LogP contribution in [0.1, 0.15) is 72.9 Å². The smallest absolute Gasteiger partial charge is 0.408 e. The fraction of sp³-hybridized carbons (Fsp3) is 0.600. The summed E-state index contributed by atoms with van der Waals surface area (Å²) in [5, 5.41) is 10.4. The molecule has 1 aliphatic heterocycles. The number of Topliss-reactive ketones (excluding diaryl/α,β-unsaturated/α-hetero) is 1. The molecular weight excluding hydrogens is 602 g/mol. The monoisotopic (exact) mass is 653 g/mol. The fourth-order valence-corrected chi connectivity index (χ4v) is 6.18. The third-order valence-electron chi connectivity index (χ3n) is 8.94. The van der Waals surface area contributed by atoms with Crippen LogP contribution in [0.2, 0.25) is 0 Å². The van der Waals surface area contributed by atoms with Crippen LogP contribution >= 0.6 is 0 Å². The predicted octanol–water partition coefficient (Wildman–Crippen LogP) is 2.78. The molecule has 0 spiro atoms. The second-order valence-electron chi connectivity index (χ2n) is 15.2. The van der Waals surface area contributed by atoms with Crippen LogP contribution in [-0.2, 0) is 35.3 Å². The van der Waals surface area contributed by atoms with Crippen molar-refractivity contribution in [3.8, 4) is 0 Å². The standard InChI is InChI=1S/C35H51N5O7/c1-11-14-23(27(42)30(44)37-18-24(41)36-17-21-16-13-12-15-20(21)2)38-29(43)26-25-22(35(25,9)10)19-40(26)31(45)28(33(3,4)5)39-32(46)47-34(6,7)8/h11-13,15-16,22-23,25-26,28H,1,14,17-19H2,2-10H3,(H,36,41)(H,37,44)(H,38,43)(H,39,46)/t22-,23?,25-,26?,28+/m0/s1. The number of carbonyl (C=O) groups excluding carboxylic acids is 6. The molecule has 0 radical (unpaired) electrons. The zero-order valence-electron chi connectivity index (χ0n) is 29.1. The summed E-state index contributed by atoms with van der Waals surface area (Å²) in [6, 6.07) is 4.37. The van der Waals surface area contributed by atoms with Gasteiger partial charge in [0.15, 0.2) is 0 Å². The highest BCUT2D eigenvalue weighted by atomic mass is 16.6. The van der Waals surface area contributed by atoms with Gasteiger partial charge in [-0.05, 0) is 67.9 Å². The Kier molecular flexibility index (Phi) is 11.3. The lowest BCUT2D eigenvalue weighted by molar-refractivity contribution is -0.145. The number of ketones is 1. The molecule has 1 heterocycles. The molecule has 258 valence electrons. The second kappa shape index (κ2) is 14.3. The molecule has 12 heteroatoms. The number of hydrogen-bond donors (Lipinski definition) is 4. The molecule has 1 aromatic rings. The molecule has 1 saturated carbocycles. The molecule has 5 amide bonds. The number of ether oxygens (including phenoxy) is 1. The lowest BCUT2D eigenvalue weighted by atomic mass is 9.85. The molecule has 5 atom stereocenters. The van der Waals surface area contributed by atoms with Crippen molar-refractivity contribution in [3.05, 3.63) is 48.0 Å². The number of hydrogen-bond acceptors (Lipinski definition) is 7. The van der Waals surface area contributed by atoms with Crippen LogP contribution in [0.4, 0.5) is 4.79 Å². The maximum atomic E-state index is 14.0. The summed E-state index contributed by atoms with van der Waals surface area (Å²) in [4.78, 5) is 80.5. The van der Waals surface area contributed by atoms with Gasteiger partial charge in [0.05, 0.1) is 6.54 Å². The summed E-state index contributed by atoms with van der Waals surface area (Å²) in [6.07, 6.45) is 0.621. The number of piperidine rings is 1. The predicted molar refractivity (Wildman–Crippen MR) is 177 cm³/mol. The molecular formula is C35H51N5O7. The Morgan fingerprint density at radius 2 is 1.66 bits per heavy atom. The first kappa shape index (κ1) is 37.2. The van der Waals surface area contributed by atoms with Gasteiger partial charge in [-0.1, -0.05) is 65.0 Å². The average Bonchev–Trinajstić information content (AvgIpc) is 3.27. The van der Waals surface area contributed by atoms with Gasteiger partial charge >= 0.3 is 6.09 Å². The van der Waals surface area contributed by atoms with E-state index < -0.39 is 71.2 Å². The van der Waals surface area contributed by atoms with Crippen molar-refractivity contribution in [2.24, 2.45) is 22.7 Å². The van der Waals surface area contributed by atoms with Crippen molar-refractivity contribution in [2.75, 3.05) is 13.1 Å². The van der Waals surface area contributed by atoms with Crippen molar-refractivity contribution < 1.29 is 33.5 Å². The molecule has 3 rings (SSSR count). The molecule has 2 unspecified atom stereocenters. The van der Waals surface area contributed by atoms with Crippen molar-refractivity contribution in [3.63, 3.8) is 0 Å². The molecule has 1 aromatic carbocycles. The van der Waals surface area contributed by atoms with Gasteiger partial charge in [0.25, 0.3) is 5.91 Å². The average molecular weight is 654 g/mol. The summed E-state index contributed by atoms with van der Waals surface area (Å²) >= 11 is 0. The third-order valence-corrected chi connectivity index (χ3v) is 8.94. The quantitative estimate of drug-likeness (QED) is 0.199. The highest BCUT2D eigenvalue weighted by Crippen LogP contribution is 2.65. The molecule has 12 nitrogen and oxygen atoms in total. The van der Waals surface area contributed by atoms with E-state index >= 15 is 0 Å². The number of carbonyl (C=O) groups is 6. The fourth-order valence-electron chi connectivity index (χ4n) is 6.18. The van der Waals surface area contributed by atoms with E-state index in [4.69, 9.17) is 4.74 Å². The van der Waals surface area contributed by atoms with Gasteiger partial charge in [-0.3, -0.25) is 24.0 Å². The van der Waals surface area contributed by atoms with Gasteiger partial charge in [0.2, 0.25) is 23.5 Å². The minimum absolute atomic E-state index is 0.0411. The van der Waals surface area contributed by atoms with E-state index in [1.54, 1.807) is 20.8 Å². The molecule has 1 aliphatic carbocycles. The number of fused-ring (bicyclic) bond motifs is 1. The zero-order chi connectivity index (χ0) is 35.5. The lowest BCUT2D eigenvalue weighted by Crippen LogP contribution is -2.60. The van der Waals surface area contributed by atoms with Crippen LogP contribution in [-0.4, -0.2) is 77.2 Å². The van der Waals surface area contributed by atoms with Crippen molar-refractivity contribution in [1.82, 2.24) is 26.2 Å². The number of amides is 5. The van der Waals surface area contributed by atoms with Gasteiger partial charge in [-0.25, -0.2) is 4.79 Å². The van der Waals surface area contributed by atoms with Crippen LogP contribution in [0.5, 0.6) is 0 Å². The maximum Gasteiger partial charge on any atom is 0.408 e. The number of aryl methyl sites for hydroxylation is 1. The first-order valence-corrected chi connectivity index (χ1v) is 16.0. The summed E-state index contributed by atoms with van der Waals surface area (Å²) < 4.78 is 5.40. The van der Waals surface area contributed by atoms with E-state index in [-0.39, 0.29) is 30.2 Å². The van der Waals surface area contributed by atoms with E-state index in [1.807, 2.05) is 65.8 Å². The van der Waals surface area contributed by atoms with Gasteiger partial charge in [0, 0.05) is 13.1 Å². The lowest BCUT2D eigenvalue weighted by Gasteiger charge is -2.38. The minimum atomic E-state index is -1.26.